The van der Waals surface area contributed by atoms with Crippen LogP contribution < -0.4 is 5.32 Å². The highest BCUT2D eigenvalue weighted by Gasteiger charge is 2.46. The SMILES string of the molecule is CC(C)C1NC(C2CCCC2)N(C2CCCSC2)C1=O. The molecule has 0 aromatic carbocycles. The number of amides is 1. The molecule has 3 rings (SSSR count). The Bertz CT molecular complexity index is 348. The fourth-order valence-electron chi connectivity index (χ4n) is 4.10. The number of hydrogen-bond acceptors (Lipinski definition) is 3. The summed E-state index contributed by atoms with van der Waals surface area (Å²) in [5.41, 5.74) is 0. The van der Waals surface area contributed by atoms with Crippen LogP contribution in [0.4, 0.5) is 0 Å². The summed E-state index contributed by atoms with van der Waals surface area (Å²) in [5.74, 6) is 3.88. The third-order valence-electron chi connectivity index (χ3n) is 5.21. The Hall–Kier alpha value is -0.220. The molecule has 114 valence electrons. The predicted molar refractivity (Wildman–Crippen MR) is 84.7 cm³/mol. The van der Waals surface area contributed by atoms with E-state index in [2.05, 4.69) is 24.1 Å². The Balaban J connectivity index is 1.79. The lowest BCUT2D eigenvalue weighted by molar-refractivity contribution is -0.133. The fourth-order valence-corrected chi connectivity index (χ4v) is 5.23. The van der Waals surface area contributed by atoms with Crippen LogP contribution in [0.15, 0.2) is 0 Å². The van der Waals surface area contributed by atoms with Crippen molar-refractivity contribution < 1.29 is 4.79 Å². The van der Waals surface area contributed by atoms with Crippen LogP contribution in [-0.2, 0) is 4.79 Å². The lowest BCUT2D eigenvalue weighted by atomic mass is 10.0. The molecule has 3 nitrogen and oxygen atoms in total. The molecule has 20 heavy (non-hydrogen) atoms. The first-order valence-electron chi connectivity index (χ1n) is 8.34. The van der Waals surface area contributed by atoms with Gasteiger partial charge in [-0.25, -0.2) is 0 Å². The third kappa shape index (κ3) is 2.74. The molecule has 3 fully saturated rings. The normalized spacial score (nSPS) is 36.2. The molecule has 0 aromatic rings. The summed E-state index contributed by atoms with van der Waals surface area (Å²) < 4.78 is 0. The second kappa shape index (κ2) is 6.27. The number of carbonyl (C=O) groups excluding carboxylic acids is 1. The van der Waals surface area contributed by atoms with E-state index in [-0.39, 0.29) is 6.04 Å². The van der Waals surface area contributed by atoms with Gasteiger partial charge in [-0.1, -0.05) is 26.7 Å². The van der Waals surface area contributed by atoms with Crippen molar-refractivity contribution in [2.75, 3.05) is 11.5 Å². The summed E-state index contributed by atoms with van der Waals surface area (Å²) in [6, 6.07) is 0.524. The standard InChI is InChI=1S/C16H28N2OS/c1-11(2)14-16(19)18(13-8-5-9-20-10-13)15(17-14)12-6-3-4-7-12/h11-15,17H,3-10H2,1-2H3. The molecule has 1 N–H and O–H groups in total. The van der Waals surface area contributed by atoms with Gasteiger partial charge in [0.05, 0.1) is 12.2 Å². The minimum atomic E-state index is 0.0486. The van der Waals surface area contributed by atoms with Gasteiger partial charge < -0.3 is 4.90 Å². The Morgan fingerprint density at radius 2 is 1.95 bits per heavy atom. The second-order valence-electron chi connectivity index (χ2n) is 6.99. The average molecular weight is 296 g/mol. The van der Waals surface area contributed by atoms with Gasteiger partial charge in [0.15, 0.2) is 0 Å². The number of carbonyl (C=O) groups is 1. The summed E-state index contributed by atoms with van der Waals surface area (Å²) in [6.07, 6.45) is 8.07. The van der Waals surface area contributed by atoms with Crippen molar-refractivity contribution in [2.45, 2.75) is 70.6 Å². The minimum Gasteiger partial charge on any atom is -0.322 e. The smallest absolute Gasteiger partial charge is 0.241 e. The van der Waals surface area contributed by atoms with E-state index in [1.807, 2.05) is 11.8 Å². The van der Waals surface area contributed by atoms with Gasteiger partial charge in [-0.15, -0.1) is 0 Å². The topological polar surface area (TPSA) is 32.3 Å². The van der Waals surface area contributed by atoms with Crippen molar-refractivity contribution in [3.05, 3.63) is 0 Å². The second-order valence-corrected chi connectivity index (χ2v) is 8.14. The Morgan fingerprint density at radius 3 is 2.55 bits per heavy atom. The molecule has 0 radical (unpaired) electrons. The van der Waals surface area contributed by atoms with Gasteiger partial charge in [-0.3, -0.25) is 10.1 Å². The largest absolute Gasteiger partial charge is 0.322 e. The van der Waals surface area contributed by atoms with Gasteiger partial charge in [0.25, 0.3) is 0 Å². The third-order valence-corrected chi connectivity index (χ3v) is 6.41. The van der Waals surface area contributed by atoms with Crippen LogP contribution >= 0.6 is 11.8 Å². The van der Waals surface area contributed by atoms with Gasteiger partial charge in [-0.05, 0) is 43.3 Å². The summed E-state index contributed by atoms with van der Waals surface area (Å²) >= 11 is 2.02. The van der Waals surface area contributed by atoms with Crippen LogP contribution in [-0.4, -0.2) is 40.6 Å². The zero-order valence-corrected chi connectivity index (χ0v) is 13.6. The molecule has 3 aliphatic rings. The van der Waals surface area contributed by atoms with Gasteiger partial charge in [0.2, 0.25) is 5.91 Å². The fraction of sp³-hybridized carbons (Fsp3) is 0.938. The van der Waals surface area contributed by atoms with Crippen LogP contribution in [0.25, 0.3) is 0 Å². The van der Waals surface area contributed by atoms with E-state index in [1.165, 1.54) is 44.3 Å². The highest BCUT2D eigenvalue weighted by Crippen LogP contribution is 2.36. The molecule has 1 amide bonds. The first-order chi connectivity index (χ1) is 9.68. The molecule has 1 aliphatic carbocycles. The lowest BCUT2D eigenvalue weighted by Gasteiger charge is -2.37. The van der Waals surface area contributed by atoms with Crippen molar-refractivity contribution in [1.29, 1.82) is 0 Å². The van der Waals surface area contributed by atoms with E-state index in [0.29, 0.717) is 30.0 Å². The maximum atomic E-state index is 12.9. The Labute approximate surface area is 127 Å². The molecule has 0 spiro atoms. The van der Waals surface area contributed by atoms with Crippen LogP contribution in [0.1, 0.15) is 52.4 Å². The van der Waals surface area contributed by atoms with Crippen molar-refractivity contribution in [1.82, 2.24) is 10.2 Å². The highest BCUT2D eigenvalue weighted by molar-refractivity contribution is 7.99. The summed E-state index contributed by atoms with van der Waals surface area (Å²) in [5, 5.41) is 3.70. The highest BCUT2D eigenvalue weighted by atomic mass is 32.2. The number of thioether (sulfide) groups is 1. The van der Waals surface area contributed by atoms with Gasteiger partial charge in [0.1, 0.15) is 0 Å². The molecular weight excluding hydrogens is 268 g/mol. The van der Waals surface area contributed by atoms with Gasteiger partial charge in [-0.2, -0.15) is 11.8 Å². The van der Waals surface area contributed by atoms with Crippen LogP contribution in [0.5, 0.6) is 0 Å². The first kappa shape index (κ1) is 14.7. The van der Waals surface area contributed by atoms with Gasteiger partial charge >= 0.3 is 0 Å². The van der Waals surface area contributed by atoms with Crippen LogP contribution in [0.3, 0.4) is 0 Å². The predicted octanol–water partition coefficient (Wildman–Crippen LogP) is 2.85. The van der Waals surface area contributed by atoms with Crippen molar-refractivity contribution >= 4 is 17.7 Å². The zero-order chi connectivity index (χ0) is 14.1. The summed E-state index contributed by atoms with van der Waals surface area (Å²) in [6.45, 7) is 4.33. The van der Waals surface area contributed by atoms with E-state index in [4.69, 9.17) is 0 Å². The summed E-state index contributed by atoms with van der Waals surface area (Å²) in [7, 11) is 0. The van der Waals surface area contributed by atoms with E-state index < -0.39 is 0 Å². The maximum absolute atomic E-state index is 12.9. The van der Waals surface area contributed by atoms with Crippen molar-refractivity contribution in [2.24, 2.45) is 11.8 Å². The molecule has 3 unspecified atom stereocenters. The average Bonchev–Trinajstić information content (AvgIpc) is 3.06. The molecular formula is C16H28N2OS. The van der Waals surface area contributed by atoms with Crippen molar-refractivity contribution in [3.63, 3.8) is 0 Å². The molecule has 3 atom stereocenters. The Kier molecular flexibility index (Phi) is 4.61. The Morgan fingerprint density at radius 1 is 1.20 bits per heavy atom. The number of hydrogen-bond donors (Lipinski definition) is 1. The van der Waals surface area contributed by atoms with Crippen LogP contribution in [0.2, 0.25) is 0 Å². The van der Waals surface area contributed by atoms with E-state index in [9.17, 15) is 4.79 Å². The monoisotopic (exact) mass is 296 g/mol. The number of nitrogens with one attached hydrogen (secondary N) is 1. The first-order valence-corrected chi connectivity index (χ1v) is 9.50. The molecule has 0 aromatic heterocycles. The molecule has 2 aliphatic heterocycles. The molecule has 2 saturated heterocycles. The summed E-state index contributed by atoms with van der Waals surface area (Å²) in [4.78, 5) is 15.1. The van der Waals surface area contributed by atoms with Crippen LogP contribution in [0, 0.1) is 11.8 Å². The lowest BCUT2D eigenvalue weighted by Crippen LogP contribution is -2.49. The number of nitrogens with zero attached hydrogens (tertiary/aromatic N) is 1. The quantitative estimate of drug-likeness (QED) is 0.869. The molecule has 2 heterocycles. The molecule has 1 saturated carbocycles. The number of rotatable bonds is 3. The zero-order valence-electron chi connectivity index (χ0n) is 12.8. The van der Waals surface area contributed by atoms with E-state index in [0.717, 1.165) is 5.75 Å². The van der Waals surface area contributed by atoms with E-state index >= 15 is 0 Å². The van der Waals surface area contributed by atoms with E-state index in [1.54, 1.807) is 0 Å². The maximum Gasteiger partial charge on any atom is 0.241 e. The van der Waals surface area contributed by atoms with Crippen molar-refractivity contribution in [3.8, 4) is 0 Å². The minimum absolute atomic E-state index is 0.0486. The molecule has 0 bridgehead atoms. The van der Waals surface area contributed by atoms with Gasteiger partial charge in [0, 0.05) is 11.8 Å². The molecule has 4 heteroatoms.